The fourth-order valence-corrected chi connectivity index (χ4v) is 2.30. The molecule has 19 heavy (non-hydrogen) atoms. The predicted molar refractivity (Wildman–Crippen MR) is 72.7 cm³/mol. The van der Waals surface area contributed by atoms with Crippen LogP contribution in [0.3, 0.4) is 0 Å². The molecule has 2 N–H and O–H groups in total. The fraction of sp³-hybridized carbons (Fsp3) is 0.692. The van der Waals surface area contributed by atoms with E-state index in [1.807, 2.05) is 0 Å². The number of rotatable bonds is 4. The standard InChI is InChI=1S/C13H20N4O2/c18-12(16-14-10-5-1-2-6-10)9-13(19)17-15-11-7-3-4-8-11/h1-9H2,(H,16,18)(H,17,19). The number of amides is 2. The number of hydrazone groups is 2. The van der Waals surface area contributed by atoms with Crippen molar-refractivity contribution >= 4 is 23.2 Å². The quantitative estimate of drug-likeness (QED) is 0.595. The van der Waals surface area contributed by atoms with Crippen LogP contribution in [0.5, 0.6) is 0 Å². The SMILES string of the molecule is O=C(CC(=O)NN=C1CCCC1)NN=C1CCCC1. The molecular weight excluding hydrogens is 244 g/mol. The Morgan fingerprint density at radius 2 is 1.16 bits per heavy atom. The summed E-state index contributed by atoms with van der Waals surface area (Å²) in [7, 11) is 0. The number of carbonyl (C=O) groups excluding carboxylic acids is 2. The van der Waals surface area contributed by atoms with Crippen LogP contribution in [0.25, 0.3) is 0 Å². The summed E-state index contributed by atoms with van der Waals surface area (Å²) in [5.74, 6) is -0.771. The summed E-state index contributed by atoms with van der Waals surface area (Å²) in [5, 5.41) is 8.03. The van der Waals surface area contributed by atoms with Gasteiger partial charge in [-0.3, -0.25) is 9.59 Å². The minimum absolute atomic E-state index is 0.229. The van der Waals surface area contributed by atoms with Crippen LogP contribution in [-0.2, 0) is 9.59 Å². The van der Waals surface area contributed by atoms with Crippen molar-refractivity contribution in [3.05, 3.63) is 0 Å². The first-order valence-electron chi connectivity index (χ1n) is 6.92. The molecule has 2 amide bonds. The molecule has 0 aromatic rings. The van der Waals surface area contributed by atoms with Gasteiger partial charge < -0.3 is 0 Å². The van der Waals surface area contributed by atoms with Gasteiger partial charge in [0.15, 0.2) is 0 Å². The highest BCUT2D eigenvalue weighted by Crippen LogP contribution is 2.14. The number of nitrogens with one attached hydrogen (secondary N) is 2. The third kappa shape index (κ3) is 4.81. The van der Waals surface area contributed by atoms with Crippen molar-refractivity contribution in [1.82, 2.24) is 10.9 Å². The first-order valence-corrected chi connectivity index (χ1v) is 6.92. The van der Waals surface area contributed by atoms with Crippen LogP contribution >= 0.6 is 0 Å². The molecule has 2 aliphatic carbocycles. The van der Waals surface area contributed by atoms with Crippen molar-refractivity contribution in [2.24, 2.45) is 10.2 Å². The molecule has 0 aromatic heterocycles. The van der Waals surface area contributed by atoms with Crippen molar-refractivity contribution < 1.29 is 9.59 Å². The van der Waals surface area contributed by atoms with E-state index in [0.29, 0.717) is 0 Å². The minimum atomic E-state index is -0.386. The van der Waals surface area contributed by atoms with Gasteiger partial charge in [0, 0.05) is 11.4 Å². The second kappa shape index (κ2) is 7.01. The lowest BCUT2D eigenvalue weighted by Crippen LogP contribution is -2.28. The maximum atomic E-state index is 11.5. The highest BCUT2D eigenvalue weighted by atomic mass is 16.2. The van der Waals surface area contributed by atoms with Crippen LogP contribution in [-0.4, -0.2) is 23.2 Å². The van der Waals surface area contributed by atoms with E-state index in [4.69, 9.17) is 0 Å². The van der Waals surface area contributed by atoms with Gasteiger partial charge >= 0.3 is 0 Å². The number of hydrogen-bond acceptors (Lipinski definition) is 4. The lowest BCUT2D eigenvalue weighted by Gasteiger charge is -2.01. The average Bonchev–Trinajstić information content (AvgIpc) is 3.07. The van der Waals surface area contributed by atoms with Crippen molar-refractivity contribution in [2.45, 2.75) is 57.8 Å². The summed E-state index contributed by atoms with van der Waals surface area (Å²) in [5.41, 5.74) is 6.87. The molecule has 2 fully saturated rings. The van der Waals surface area contributed by atoms with E-state index in [9.17, 15) is 9.59 Å². The van der Waals surface area contributed by atoms with Crippen molar-refractivity contribution in [3.8, 4) is 0 Å². The van der Waals surface area contributed by atoms with Crippen LogP contribution in [0.1, 0.15) is 57.8 Å². The summed E-state index contributed by atoms with van der Waals surface area (Å²) in [4.78, 5) is 23.0. The third-order valence-corrected chi connectivity index (χ3v) is 3.36. The zero-order chi connectivity index (χ0) is 13.5. The fourth-order valence-electron chi connectivity index (χ4n) is 2.30. The Bertz CT molecular complexity index is 361. The van der Waals surface area contributed by atoms with E-state index in [2.05, 4.69) is 21.1 Å². The smallest absolute Gasteiger partial charge is 0.249 e. The molecular formula is C13H20N4O2. The molecule has 0 aliphatic heterocycles. The first-order chi connectivity index (χ1) is 9.24. The van der Waals surface area contributed by atoms with Crippen LogP contribution in [0.2, 0.25) is 0 Å². The van der Waals surface area contributed by atoms with Gasteiger partial charge in [0.25, 0.3) is 0 Å². The largest absolute Gasteiger partial charge is 0.273 e. The molecule has 6 nitrogen and oxygen atoms in total. The molecule has 104 valence electrons. The molecule has 0 unspecified atom stereocenters. The van der Waals surface area contributed by atoms with E-state index >= 15 is 0 Å². The van der Waals surface area contributed by atoms with Crippen LogP contribution in [0.4, 0.5) is 0 Å². The monoisotopic (exact) mass is 264 g/mol. The summed E-state index contributed by atoms with van der Waals surface area (Å²) in [6.45, 7) is 0. The maximum Gasteiger partial charge on any atom is 0.249 e. The van der Waals surface area contributed by atoms with Gasteiger partial charge in [-0.2, -0.15) is 10.2 Å². The van der Waals surface area contributed by atoms with Gasteiger partial charge in [-0.05, 0) is 51.4 Å². The third-order valence-electron chi connectivity index (χ3n) is 3.36. The summed E-state index contributed by atoms with van der Waals surface area (Å²) >= 11 is 0. The van der Waals surface area contributed by atoms with E-state index in [1.54, 1.807) is 0 Å². The van der Waals surface area contributed by atoms with Crippen molar-refractivity contribution in [3.63, 3.8) is 0 Å². The lowest BCUT2D eigenvalue weighted by atomic mass is 10.3. The van der Waals surface area contributed by atoms with E-state index < -0.39 is 0 Å². The van der Waals surface area contributed by atoms with Gasteiger partial charge in [-0.25, -0.2) is 10.9 Å². The molecule has 2 saturated carbocycles. The van der Waals surface area contributed by atoms with E-state index in [0.717, 1.165) is 62.8 Å². The lowest BCUT2D eigenvalue weighted by molar-refractivity contribution is -0.129. The zero-order valence-corrected chi connectivity index (χ0v) is 11.1. The first kappa shape index (κ1) is 13.7. The Morgan fingerprint density at radius 3 is 1.53 bits per heavy atom. The van der Waals surface area contributed by atoms with Crippen LogP contribution < -0.4 is 10.9 Å². The molecule has 0 saturated heterocycles. The van der Waals surface area contributed by atoms with Gasteiger partial charge in [-0.15, -0.1) is 0 Å². The Balaban J connectivity index is 1.67. The van der Waals surface area contributed by atoms with Crippen molar-refractivity contribution in [2.75, 3.05) is 0 Å². The Hall–Kier alpha value is -1.72. The molecule has 2 rings (SSSR count). The molecule has 0 radical (unpaired) electrons. The van der Waals surface area contributed by atoms with Crippen LogP contribution in [0.15, 0.2) is 10.2 Å². The van der Waals surface area contributed by atoms with Gasteiger partial charge in [0.05, 0.1) is 0 Å². The average molecular weight is 264 g/mol. The predicted octanol–water partition coefficient (Wildman–Crippen LogP) is 1.47. The van der Waals surface area contributed by atoms with Gasteiger partial charge in [0.2, 0.25) is 11.8 Å². The Morgan fingerprint density at radius 1 is 0.789 bits per heavy atom. The molecule has 0 spiro atoms. The summed E-state index contributed by atoms with van der Waals surface area (Å²) in [6, 6.07) is 0. The number of carbonyl (C=O) groups is 2. The molecule has 0 heterocycles. The summed E-state index contributed by atoms with van der Waals surface area (Å²) < 4.78 is 0. The molecule has 2 aliphatic rings. The molecule has 0 bridgehead atoms. The number of nitrogens with zero attached hydrogens (tertiary/aromatic N) is 2. The molecule has 0 atom stereocenters. The van der Waals surface area contributed by atoms with Crippen LogP contribution in [0, 0.1) is 0 Å². The molecule has 0 aromatic carbocycles. The van der Waals surface area contributed by atoms with Crippen molar-refractivity contribution in [1.29, 1.82) is 0 Å². The number of hydrogen-bond donors (Lipinski definition) is 2. The molecule has 6 heteroatoms. The normalized spacial score (nSPS) is 18.3. The minimum Gasteiger partial charge on any atom is -0.273 e. The second-order valence-electron chi connectivity index (χ2n) is 5.02. The summed E-state index contributed by atoms with van der Waals surface area (Å²) in [6.07, 6.45) is 8.08. The maximum absolute atomic E-state index is 11.5. The van der Waals surface area contributed by atoms with Gasteiger partial charge in [0.1, 0.15) is 6.42 Å². The second-order valence-corrected chi connectivity index (χ2v) is 5.02. The topological polar surface area (TPSA) is 82.9 Å². The highest BCUT2D eigenvalue weighted by molar-refractivity contribution is 5.98. The highest BCUT2D eigenvalue weighted by Gasteiger charge is 2.12. The van der Waals surface area contributed by atoms with E-state index in [-0.39, 0.29) is 18.2 Å². The van der Waals surface area contributed by atoms with Gasteiger partial charge in [-0.1, -0.05) is 0 Å². The zero-order valence-electron chi connectivity index (χ0n) is 11.1. The Labute approximate surface area is 112 Å². The van der Waals surface area contributed by atoms with E-state index in [1.165, 1.54) is 0 Å². The Kier molecular flexibility index (Phi) is 5.06.